The molecular weight excluding hydrogens is 770 g/mol. The molecule has 1 fully saturated rings. The Morgan fingerprint density at radius 2 is 1.24 bits per heavy atom. The summed E-state index contributed by atoms with van der Waals surface area (Å²) in [6, 6.07) is 30.1. The van der Waals surface area contributed by atoms with Gasteiger partial charge in [-0.3, -0.25) is 0 Å². The van der Waals surface area contributed by atoms with Gasteiger partial charge in [0.15, 0.2) is 5.82 Å². The van der Waals surface area contributed by atoms with Crippen molar-refractivity contribution >= 4 is 10.0 Å². The summed E-state index contributed by atoms with van der Waals surface area (Å²) in [4.78, 5) is -0.951. The molecule has 1 aliphatic rings. The lowest BCUT2D eigenvalue weighted by Crippen LogP contribution is -2.32. The van der Waals surface area contributed by atoms with Crippen LogP contribution in [0, 0.1) is 0 Å². The maximum Gasteiger partial charge on any atom is 0.417 e. The molecule has 0 bridgehead atoms. The smallest absolute Gasteiger partial charge is 0.417 e. The molecule has 0 amide bonds. The van der Waals surface area contributed by atoms with Crippen molar-refractivity contribution in [3.63, 3.8) is 0 Å². The number of aromatic nitrogens is 4. The number of halogens is 3. The van der Waals surface area contributed by atoms with Crippen LogP contribution in [0.25, 0.3) is 22.5 Å². The highest BCUT2D eigenvalue weighted by Crippen LogP contribution is 2.45. The minimum Gasteiger partial charge on any atom is -0.497 e. The summed E-state index contributed by atoms with van der Waals surface area (Å²) in [6.07, 6.45) is -3.19. The molecule has 15 heteroatoms. The van der Waals surface area contributed by atoms with E-state index >= 15 is 21.6 Å². The van der Waals surface area contributed by atoms with E-state index in [0.29, 0.717) is 45.4 Å². The second-order valence-electron chi connectivity index (χ2n) is 14.0. The van der Waals surface area contributed by atoms with Gasteiger partial charge in [0.1, 0.15) is 22.1 Å². The number of rotatable bonds is 14. The minimum absolute atomic E-state index is 0.0254. The summed E-state index contributed by atoms with van der Waals surface area (Å²) in [7, 11) is -0.485. The lowest BCUT2D eigenvalue weighted by Gasteiger charge is -2.27. The lowest BCUT2D eigenvalue weighted by molar-refractivity contribution is -0.139. The van der Waals surface area contributed by atoms with Crippen LogP contribution in [0.15, 0.2) is 114 Å². The van der Waals surface area contributed by atoms with Crippen molar-refractivity contribution in [3.05, 3.63) is 137 Å². The highest BCUT2D eigenvalue weighted by atomic mass is 32.2. The minimum atomic E-state index is -5.09. The predicted molar refractivity (Wildman–Crippen MR) is 213 cm³/mol. The second-order valence-corrected chi connectivity index (χ2v) is 15.9. The molecule has 6 aromatic rings. The first-order valence-electron chi connectivity index (χ1n) is 18.7. The maximum atomic E-state index is 15.4. The van der Waals surface area contributed by atoms with Gasteiger partial charge in [0.25, 0.3) is 0 Å². The quantitative estimate of drug-likeness (QED) is 0.117. The molecule has 0 saturated carbocycles. The van der Waals surface area contributed by atoms with Gasteiger partial charge in [-0.15, -0.1) is 5.10 Å². The van der Waals surface area contributed by atoms with Crippen LogP contribution in [0.4, 0.5) is 13.2 Å². The lowest BCUT2D eigenvalue weighted by atomic mass is 9.88. The van der Waals surface area contributed by atoms with Gasteiger partial charge in [0.2, 0.25) is 10.0 Å². The molecule has 302 valence electrons. The Kier molecular flexibility index (Phi) is 12.1. The molecule has 1 N–H and O–H groups in total. The summed E-state index contributed by atoms with van der Waals surface area (Å²) in [5.41, 5.74) is 1.99. The standard InChI is InChI=1S/C43H43F3N6O5S/c1-55-35-14-4-29(5-15-35)26-51(27-30-6-16-36(56-2)17-7-30)58(53,54)41-39(43(44,45)46)21-20-38(34-12-10-32(11-13-34)33-22-24-47-25-23-33)40(41)42-48-49-50-52(42)28-31-8-18-37(57-3)19-9-31/h4-21,33,47H,22-28H2,1-3H3. The van der Waals surface area contributed by atoms with Crippen LogP contribution in [-0.4, -0.2) is 67.3 Å². The fourth-order valence-corrected chi connectivity index (χ4v) is 9.06. The number of benzene rings is 5. The van der Waals surface area contributed by atoms with Gasteiger partial charge in [-0.1, -0.05) is 66.7 Å². The Morgan fingerprint density at radius 1 is 0.724 bits per heavy atom. The number of hydrogen-bond donors (Lipinski definition) is 1. The zero-order valence-corrected chi connectivity index (χ0v) is 33.1. The van der Waals surface area contributed by atoms with Gasteiger partial charge in [-0.05, 0) is 118 Å². The highest BCUT2D eigenvalue weighted by Gasteiger charge is 2.43. The third-order valence-electron chi connectivity index (χ3n) is 10.4. The summed E-state index contributed by atoms with van der Waals surface area (Å²) >= 11 is 0. The number of nitrogens with one attached hydrogen (secondary N) is 1. The summed E-state index contributed by atoms with van der Waals surface area (Å²) in [6.45, 7) is 1.27. The molecule has 7 rings (SSSR count). The number of methoxy groups -OCH3 is 3. The van der Waals surface area contributed by atoms with E-state index < -0.39 is 26.7 Å². The van der Waals surface area contributed by atoms with E-state index in [1.54, 1.807) is 72.8 Å². The van der Waals surface area contributed by atoms with Gasteiger partial charge in [0.05, 0.1) is 33.4 Å². The average molecular weight is 813 g/mol. The number of nitrogens with zero attached hydrogens (tertiary/aromatic N) is 5. The van der Waals surface area contributed by atoms with Crippen molar-refractivity contribution < 1.29 is 35.8 Å². The van der Waals surface area contributed by atoms with Crippen molar-refractivity contribution in [2.45, 2.75) is 49.5 Å². The Bertz CT molecular complexity index is 2370. The Hall–Kier alpha value is -5.77. The first-order valence-corrected chi connectivity index (χ1v) is 20.1. The molecule has 0 aliphatic carbocycles. The third-order valence-corrected chi connectivity index (χ3v) is 12.3. The monoisotopic (exact) mass is 812 g/mol. The highest BCUT2D eigenvalue weighted by molar-refractivity contribution is 7.89. The number of hydrogen-bond acceptors (Lipinski definition) is 9. The molecule has 0 atom stereocenters. The first-order chi connectivity index (χ1) is 28.0. The molecule has 5 aromatic carbocycles. The summed E-state index contributed by atoms with van der Waals surface area (Å²) < 4.78 is 95.4. The zero-order valence-electron chi connectivity index (χ0n) is 32.2. The Labute approximate surface area is 335 Å². The molecule has 2 heterocycles. The molecule has 1 aliphatic heterocycles. The van der Waals surface area contributed by atoms with Crippen LogP contribution < -0.4 is 19.5 Å². The predicted octanol–water partition coefficient (Wildman–Crippen LogP) is 7.96. The van der Waals surface area contributed by atoms with Crippen molar-refractivity contribution in [2.75, 3.05) is 34.4 Å². The Balaban J connectivity index is 1.45. The SMILES string of the molecule is COc1ccc(CN(Cc2ccc(OC)cc2)S(=O)(=O)c2c(C(F)(F)F)ccc(-c3ccc(C4CCNCC4)cc3)c2-c2nnnn2Cc2ccc(OC)cc2)cc1. The summed E-state index contributed by atoms with van der Waals surface area (Å²) in [5.74, 6) is 1.86. The van der Waals surface area contributed by atoms with Gasteiger partial charge in [-0.2, -0.15) is 17.5 Å². The first kappa shape index (κ1) is 40.4. The third kappa shape index (κ3) is 8.86. The van der Waals surface area contributed by atoms with E-state index in [9.17, 15) is 0 Å². The van der Waals surface area contributed by atoms with Crippen LogP contribution in [0.2, 0.25) is 0 Å². The van der Waals surface area contributed by atoms with E-state index in [-0.39, 0.29) is 36.6 Å². The van der Waals surface area contributed by atoms with Gasteiger partial charge >= 0.3 is 6.18 Å². The van der Waals surface area contributed by atoms with Crippen LogP contribution in [0.1, 0.15) is 46.6 Å². The van der Waals surface area contributed by atoms with Crippen LogP contribution in [-0.2, 0) is 35.8 Å². The van der Waals surface area contributed by atoms with Gasteiger partial charge in [0, 0.05) is 18.7 Å². The number of tetrazole rings is 1. The molecule has 0 spiro atoms. The fraction of sp³-hybridized carbons (Fsp3) is 0.279. The van der Waals surface area contributed by atoms with E-state index in [1.807, 2.05) is 24.3 Å². The van der Waals surface area contributed by atoms with Crippen molar-refractivity contribution in [3.8, 4) is 39.8 Å². The van der Waals surface area contributed by atoms with E-state index in [0.717, 1.165) is 41.9 Å². The van der Waals surface area contributed by atoms with Gasteiger partial charge in [-0.25, -0.2) is 13.1 Å². The largest absolute Gasteiger partial charge is 0.497 e. The van der Waals surface area contributed by atoms with Crippen LogP contribution >= 0.6 is 0 Å². The number of ether oxygens (including phenoxy) is 3. The van der Waals surface area contributed by atoms with Crippen molar-refractivity contribution in [1.82, 2.24) is 29.8 Å². The van der Waals surface area contributed by atoms with E-state index in [4.69, 9.17) is 14.2 Å². The molecule has 1 saturated heterocycles. The van der Waals surface area contributed by atoms with Crippen molar-refractivity contribution in [1.29, 1.82) is 0 Å². The normalized spacial score (nSPS) is 13.8. The van der Waals surface area contributed by atoms with Crippen LogP contribution in [0.3, 0.4) is 0 Å². The molecular formula is C43H43F3N6O5S. The van der Waals surface area contributed by atoms with Gasteiger partial charge < -0.3 is 19.5 Å². The molecule has 0 unspecified atom stereocenters. The molecule has 58 heavy (non-hydrogen) atoms. The van der Waals surface area contributed by atoms with E-state index in [2.05, 4.69) is 20.8 Å². The average Bonchev–Trinajstić information content (AvgIpc) is 3.71. The number of piperidine rings is 1. The maximum absolute atomic E-state index is 15.4. The summed E-state index contributed by atoms with van der Waals surface area (Å²) in [5, 5.41) is 15.7. The number of alkyl halides is 3. The number of sulfonamides is 1. The fourth-order valence-electron chi connectivity index (χ4n) is 7.24. The second kappa shape index (κ2) is 17.4. The zero-order chi connectivity index (χ0) is 40.9. The Morgan fingerprint density at radius 3 is 1.74 bits per heavy atom. The van der Waals surface area contributed by atoms with E-state index in [1.165, 1.54) is 32.1 Å². The molecule has 1 aromatic heterocycles. The topological polar surface area (TPSA) is 121 Å². The van der Waals surface area contributed by atoms with Crippen molar-refractivity contribution in [2.24, 2.45) is 0 Å². The molecule has 11 nitrogen and oxygen atoms in total. The molecule has 0 radical (unpaired) electrons. The van der Waals surface area contributed by atoms with Crippen LogP contribution in [0.5, 0.6) is 17.2 Å².